The Balaban J connectivity index is 1.74. The number of aromatic nitrogens is 2. The molecule has 24 heavy (non-hydrogen) atoms. The van der Waals surface area contributed by atoms with Gasteiger partial charge in [0.15, 0.2) is 0 Å². The Bertz CT molecular complexity index is 713. The smallest absolute Gasteiger partial charge is 0.272 e. The zero-order valence-electron chi connectivity index (χ0n) is 13.5. The Morgan fingerprint density at radius 3 is 2.62 bits per heavy atom. The molecule has 0 bridgehead atoms. The molecular formula is C17H21N5O2. The Morgan fingerprint density at radius 2 is 1.88 bits per heavy atom. The minimum Gasteiger partial charge on any atom is -0.369 e. The van der Waals surface area contributed by atoms with Crippen molar-refractivity contribution in [3.63, 3.8) is 0 Å². The van der Waals surface area contributed by atoms with E-state index in [-0.39, 0.29) is 18.4 Å². The number of carbonyl (C=O) groups excluding carboxylic acids is 2. The largest absolute Gasteiger partial charge is 0.369 e. The van der Waals surface area contributed by atoms with Crippen LogP contribution in [-0.2, 0) is 4.79 Å². The SMILES string of the molecule is NC(=O)CN1CCCN(C(=O)c2cncn2-c2ccccc2)CC1. The number of benzene rings is 1. The number of imidazole rings is 1. The van der Waals surface area contributed by atoms with Gasteiger partial charge in [-0.1, -0.05) is 18.2 Å². The first-order valence-corrected chi connectivity index (χ1v) is 8.03. The second-order valence-corrected chi connectivity index (χ2v) is 5.87. The molecule has 1 saturated heterocycles. The third-order valence-electron chi connectivity index (χ3n) is 4.15. The number of hydrogen-bond acceptors (Lipinski definition) is 4. The molecule has 1 aliphatic rings. The van der Waals surface area contributed by atoms with E-state index < -0.39 is 0 Å². The molecule has 1 fully saturated rings. The van der Waals surface area contributed by atoms with Gasteiger partial charge in [-0.25, -0.2) is 4.98 Å². The lowest BCUT2D eigenvalue weighted by Gasteiger charge is -2.21. The van der Waals surface area contributed by atoms with Gasteiger partial charge in [-0.2, -0.15) is 0 Å². The molecule has 7 heteroatoms. The van der Waals surface area contributed by atoms with Crippen molar-refractivity contribution in [2.24, 2.45) is 5.73 Å². The van der Waals surface area contributed by atoms with E-state index in [0.29, 0.717) is 25.3 Å². The minimum absolute atomic E-state index is 0.0442. The number of para-hydroxylation sites is 1. The molecule has 7 nitrogen and oxygen atoms in total. The van der Waals surface area contributed by atoms with Gasteiger partial charge < -0.3 is 10.6 Å². The van der Waals surface area contributed by atoms with E-state index in [0.717, 1.165) is 18.7 Å². The number of nitrogens with two attached hydrogens (primary N) is 1. The van der Waals surface area contributed by atoms with E-state index in [9.17, 15) is 9.59 Å². The van der Waals surface area contributed by atoms with E-state index in [2.05, 4.69) is 4.98 Å². The highest BCUT2D eigenvalue weighted by Crippen LogP contribution is 2.14. The molecule has 0 unspecified atom stereocenters. The van der Waals surface area contributed by atoms with Gasteiger partial charge in [0, 0.05) is 31.9 Å². The van der Waals surface area contributed by atoms with Gasteiger partial charge in [0.25, 0.3) is 5.91 Å². The number of rotatable bonds is 4. The summed E-state index contributed by atoms with van der Waals surface area (Å²) in [7, 11) is 0. The first-order chi connectivity index (χ1) is 11.6. The maximum Gasteiger partial charge on any atom is 0.272 e. The summed E-state index contributed by atoms with van der Waals surface area (Å²) in [5.41, 5.74) is 6.71. The summed E-state index contributed by atoms with van der Waals surface area (Å²) in [6.07, 6.45) is 4.07. The van der Waals surface area contributed by atoms with E-state index in [4.69, 9.17) is 5.73 Å². The zero-order valence-corrected chi connectivity index (χ0v) is 13.5. The van der Waals surface area contributed by atoms with Crippen molar-refractivity contribution in [2.45, 2.75) is 6.42 Å². The van der Waals surface area contributed by atoms with Crippen LogP contribution in [0.3, 0.4) is 0 Å². The number of hydrogen-bond donors (Lipinski definition) is 1. The van der Waals surface area contributed by atoms with Crippen molar-refractivity contribution in [3.8, 4) is 5.69 Å². The molecule has 2 amide bonds. The van der Waals surface area contributed by atoms with Crippen LogP contribution in [0, 0.1) is 0 Å². The number of carbonyl (C=O) groups is 2. The van der Waals surface area contributed by atoms with Crippen LogP contribution in [0.15, 0.2) is 42.9 Å². The van der Waals surface area contributed by atoms with Gasteiger partial charge in [0.2, 0.25) is 5.91 Å². The van der Waals surface area contributed by atoms with Crippen LogP contribution in [0.4, 0.5) is 0 Å². The maximum absolute atomic E-state index is 12.9. The molecule has 0 spiro atoms. The van der Waals surface area contributed by atoms with E-state index in [1.54, 1.807) is 17.1 Å². The van der Waals surface area contributed by atoms with Gasteiger partial charge in [-0.05, 0) is 18.6 Å². The molecule has 126 valence electrons. The highest BCUT2D eigenvalue weighted by Gasteiger charge is 2.23. The molecule has 3 rings (SSSR count). The van der Waals surface area contributed by atoms with Crippen LogP contribution < -0.4 is 5.73 Å². The third-order valence-corrected chi connectivity index (χ3v) is 4.15. The molecule has 2 N–H and O–H groups in total. The summed E-state index contributed by atoms with van der Waals surface area (Å²) >= 11 is 0. The Labute approximate surface area is 140 Å². The predicted molar refractivity (Wildman–Crippen MR) is 89.7 cm³/mol. The van der Waals surface area contributed by atoms with Crippen LogP contribution in [0.2, 0.25) is 0 Å². The van der Waals surface area contributed by atoms with Crippen molar-refractivity contribution >= 4 is 11.8 Å². The molecule has 0 atom stereocenters. The fourth-order valence-corrected chi connectivity index (χ4v) is 2.96. The van der Waals surface area contributed by atoms with Gasteiger partial charge in [-0.3, -0.25) is 19.1 Å². The fraction of sp³-hybridized carbons (Fsp3) is 0.353. The molecule has 0 aliphatic carbocycles. The first-order valence-electron chi connectivity index (χ1n) is 8.03. The van der Waals surface area contributed by atoms with Crippen LogP contribution in [-0.4, -0.2) is 63.9 Å². The Morgan fingerprint density at radius 1 is 1.08 bits per heavy atom. The molecule has 1 aliphatic heterocycles. The van der Waals surface area contributed by atoms with Crippen LogP contribution in [0.5, 0.6) is 0 Å². The molecule has 1 aromatic heterocycles. The average molecular weight is 327 g/mol. The second-order valence-electron chi connectivity index (χ2n) is 5.87. The van der Waals surface area contributed by atoms with Gasteiger partial charge >= 0.3 is 0 Å². The van der Waals surface area contributed by atoms with Gasteiger partial charge in [-0.15, -0.1) is 0 Å². The molecule has 2 heterocycles. The molecule has 2 aromatic rings. The van der Waals surface area contributed by atoms with Crippen molar-refractivity contribution in [1.29, 1.82) is 0 Å². The monoisotopic (exact) mass is 327 g/mol. The van der Waals surface area contributed by atoms with E-state index in [1.807, 2.05) is 40.1 Å². The lowest BCUT2D eigenvalue weighted by Crippen LogP contribution is -2.38. The van der Waals surface area contributed by atoms with Crippen molar-refractivity contribution in [1.82, 2.24) is 19.4 Å². The summed E-state index contributed by atoms with van der Waals surface area (Å²) in [5.74, 6) is -0.380. The summed E-state index contributed by atoms with van der Waals surface area (Å²) in [6, 6.07) is 9.67. The van der Waals surface area contributed by atoms with E-state index >= 15 is 0 Å². The normalized spacial score (nSPS) is 15.9. The lowest BCUT2D eigenvalue weighted by atomic mass is 10.3. The molecular weight excluding hydrogens is 306 g/mol. The van der Waals surface area contributed by atoms with Crippen molar-refractivity contribution < 1.29 is 9.59 Å². The minimum atomic E-state index is -0.336. The predicted octanol–water partition coefficient (Wildman–Crippen LogP) is 0.506. The zero-order chi connectivity index (χ0) is 16.9. The maximum atomic E-state index is 12.9. The van der Waals surface area contributed by atoms with Crippen molar-refractivity contribution in [3.05, 3.63) is 48.5 Å². The van der Waals surface area contributed by atoms with Crippen LogP contribution >= 0.6 is 0 Å². The highest BCUT2D eigenvalue weighted by molar-refractivity contribution is 5.93. The lowest BCUT2D eigenvalue weighted by molar-refractivity contribution is -0.119. The van der Waals surface area contributed by atoms with E-state index in [1.165, 1.54) is 0 Å². The van der Waals surface area contributed by atoms with Crippen molar-refractivity contribution in [2.75, 3.05) is 32.7 Å². The van der Waals surface area contributed by atoms with Crippen LogP contribution in [0.1, 0.15) is 16.9 Å². The fourth-order valence-electron chi connectivity index (χ4n) is 2.96. The van der Waals surface area contributed by atoms with Crippen LogP contribution in [0.25, 0.3) is 5.69 Å². The number of primary amides is 1. The third kappa shape index (κ3) is 3.62. The Kier molecular flexibility index (Phi) is 4.90. The second kappa shape index (κ2) is 7.27. The van der Waals surface area contributed by atoms with Gasteiger partial charge in [0.1, 0.15) is 5.69 Å². The molecule has 0 saturated carbocycles. The quantitative estimate of drug-likeness (QED) is 0.886. The Hall–Kier alpha value is -2.67. The summed E-state index contributed by atoms with van der Waals surface area (Å²) in [5, 5.41) is 0. The average Bonchev–Trinajstić information content (AvgIpc) is 2.96. The standard InChI is InChI=1S/C17H21N5O2/c18-16(23)12-20-7-4-8-21(10-9-20)17(24)15-11-19-13-22(15)14-5-2-1-3-6-14/h1-3,5-6,11,13H,4,7-10,12H2,(H2,18,23). The summed E-state index contributed by atoms with van der Waals surface area (Å²) < 4.78 is 1.80. The molecule has 0 radical (unpaired) electrons. The van der Waals surface area contributed by atoms with Gasteiger partial charge in [0.05, 0.1) is 19.1 Å². The topological polar surface area (TPSA) is 84.5 Å². The number of amides is 2. The molecule has 1 aromatic carbocycles. The highest BCUT2D eigenvalue weighted by atomic mass is 16.2. The summed E-state index contributed by atoms with van der Waals surface area (Å²) in [4.78, 5) is 31.9. The number of nitrogens with zero attached hydrogens (tertiary/aromatic N) is 4. The first kappa shape index (κ1) is 16.2. The summed E-state index contributed by atoms with van der Waals surface area (Å²) in [6.45, 7) is 2.89.